The highest BCUT2D eigenvalue weighted by molar-refractivity contribution is 7.99. The summed E-state index contributed by atoms with van der Waals surface area (Å²) in [5, 5.41) is 3.05. The van der Waals surface area contributed by atoms with Gasteiger partial charge in [0.15, 0.2) is 0 Å². The number of hydrogen-bond acceptors (Lipinski definition) is 6. The summed E-state index contributed by atoms with van der Waals surface area (Å²) in [6.07, 6.45) is 3.52. The minimum atomic E-state index is 0.0357. The lowest BCUT2D eigenvalue weighted by atomic mass is 10.3. The first-order valence-electron chi connectivity index (χ1n) is 8.52. The minimum Gasteiger partial charge on any atom is -0.338 e. The summed E-state index contributed by atoms with van der Waals surface area (Å²) < 4.78 is 0. The van der Waals surface area contributed by atoms with Crippen molar-refractivity contribution in [2.45, 2.75) is 11.8 Å². The molecule has 0 spiro atoms. The normalized spacial score (nSPS) is 15.2. The van der Waals surface area contributed by atoms with E-state index in [1.807, 2.05) is 30.3 Å². The van der Waals surface area contributed by atoms with Crippen LogP contribution in [0.5, 0.6) is 0 Å². The molecule has 25 heavy (non-hydrogen) atoms. The van der Waals surface area contributed by atoms with Crippen molar-refractivity contribution < 1.29 is 4.79 Å². The van der Waals surface area contributed by atoms with Crippen LogP contribution in [0.15, 0.2) is 47.6 Å². The Balaban J connectivity index is 1.50. The van der Waals surface area contributed by atoms with Gasteiger partial charge in [-0.1, -0.05) is 19.1 Å². The lowest BCUT2D eigenvalue weighted by Crippen LogP contribution is -2.49. The molecule has 0 aliphatic carbocycles. The van der Waals surface area contributed by atoms with E-state index in [1.165, 1.54) is 0 Å². The number of thioether (sulfide) groups is 1. The third-order valence-corrected chi connectivity index (χ3v) is 4.99. The second-order valence-corrected chi connectivity index (χ2v) is 7.10. The third-order valence-electron chi connectivity index (χ3n) is 4.04. The Morgan fingerprint density at radius 1 is 1.12 bits per heavy atom. The molecule has 1 fully saturated rings. The molecule has 2 aromatic rings. The Bertz CT molecular complexity index is 689. The van der Waals surface area contributed by atoms with Gasteiger partial charge in [0.2, 0.25) is 11.9 Å². The number of amides is 1. The van der Waals surface area contributed by atoms with Gasteiger partial charge in [-0.3, -0.25) is 9.69 Å². The first-order valence-corrected chi connectivity index (χ1v) is 9.51. The Morgan fingerprint density at radius 3 is 2.56 bits per heavy atom. The molecule has 0 bridgehead atoms. The summed E-state index contributed by atoms with van der Waals surface area (Å²) in [6.45, 7) is 5.85. The van der Waals surface area contributed by atoms with E-state index in [0.717, 1.165) is 48.5 Å². The third kappa shape index (κ3) is 4.93. The summed E-state index contributed by atoms with van der Waals surface area (Å²) in [5.41, 5.74) is 0.899. The van der Waals surface area contributed by atoms with Crippen molar-refractivity contribution in [2.75, 3.05) is 48.7 Å². The van der Waals surface area contributed by atoms with Crippen LogP contribution in [0.4, 0.5) is 11.6 Å². The zero-order valence-electron chi connectivity index (χ0n) is 14.4. The molecule has 6 nitrogen and oxygen atoms in total. The maximum atomic E-state index is 12.4. The average molecular weight is 357 g/mol. The van der Waals surface area contributed by atoms with Crippen molar-refractivity contribution in [3.8, 4) is 0 Å². The first-order chi connectivity index (χ1) is 12.3. The molecule has 132 valence electrons. The fourth-order valence-electron chi connectivity index (χ4n) is 2.80. The Morgan fingerprint density at radius 2 is 1.84 bits per heavy atom. The summed E-state index contributed by atoms with van der Waals surface area (Å²) in [4.78, 5) is 26.4. The second-order valence-electron chi connectivity index (χ2n) is 5.79. The van der Waals surface area contributed by atoms with Gasteiger partial charge >= 0.3 is 0 Å². The SMILES string of the molecule is CCSc1ccccc1NC(=O)CN1CCN(c2ncccn2)CC1. The highest BCUT2D eigenvalue weighted by atomic mass is 32.2. The summed E-state index contributed by atoms with van der Waals surface area (Å²) in [7, 11) is 0. The summed E-state index contributed by atoms with van der Waals surface area (Å²) in [6, 6.07) is 9.77. The van der Waals surface area contributed by atoms with Gasteiger partial charge < -0.3 is 10.2 Å². The Labute approximate surface area is 152 Å². The Hall–Kier alpha value is -2.12. The van der Waals surface area contributed by atoms with Crippen molar-refractivity contribution >= 4 is 29.3 Å². The maximum Gasteiger partial charge on any atom is 0.238 e. The predicted molar refractivity (Wildman–Crippen MR) is 102 cm³/mol. The smallest absolute Gasteiger partial charge is 0.238 e. The topological polar surface area (TPSA) is 61.4 Å². The van der Waals surface area contributed by atoms with E-state index in [9.17, 15) is 4.79 Å². The van der Waals surface area contributed by atoms with Gasteiger partial charge in [0.05, 0.1) is 12.2 Å². The summed E-state index contributed by atoms with van der Waals surface area (Å²) >= 11 is 1.74. The second kappa shape index (κ2) is 8.82. The molecule has 1 aromatic carbocycles. The van der Waals surface area contributed by atoms with Gasteiger partial charge in [-0.05, 0) is 24.0 Å². The largest absolute Gasteiger partial charge is 0.338 e. The van der Waals surface area contributed by atoms with Gasteiger partial charge in [-0.15, -0.1) is 11.8 Å². The first kappa shape index (κ1) is 17.7. The number of nitrogens with one attached hydrogen (secondary N) is 1. The maximum absolute atomic E-state index is 12.4. The number of benzene rings is 1. The predicted octanol–water partition coefficient (Wildman–Crippen LogP) is 2.35. The van der Waals surface area contributed by atoms with Crippen LogP contribution in [0.3, 0.4) is 0 Å². The van der Waals surface area contributed by atoms with E-state index < -0.39 is 0 Å². The molecule has 0 radical (unpaired) electrons. The Kier molecular flexibility index (Phi) is 6.25. The monoisotopic (exact) mass is 357 g/mol. The number of hydrogen-bond donors (Lipinski definition) is 1. The zero-order valence-corrected chi connectivity index (χ0v) is 15.2. The van der Waals surface area contributed by atoms with Gasteiger partial charge in [-0.25, -0.2) is 9.97 Å². The van der Waals surface area contributed by atoms with Crippen LogP contribution >= 0.6 is 11.8 Å². The van der Waals surface area contributed by atoms with Crippen LogP contribution < -0.4 is 10.2 Å². The summed E-state index contributed by atoms with van der Waals surface area (Å²) in [5.74, 6) is 1.78. The molecule has 1 aliphatic rings. The van der Waals surface area contributed by atoms with E-state index >= 15 is 0 Å². The van der Waals surface area contributed by atoms with Crippen LogP contribution in [0, 0.1) is 0 Å². The fourth-order valence-corrected chi connectivity index (χ4v) is 3.56. The van der Waals surface area contributed by atoms with Crippen molar-refractivity contribution in [3.05, 3.63) is 42.7 Å². The van der Waals surface area contributed by atoms with E-state index in [1.54, 1.807) is 24.2 Å². The molecule has 1 aliphatic heterocycles. The molecule has 1 aromatic heterocycles. The van der Waals surface area contributed by atoms with Crippen molar-refractivity contribution in [3.63, 3.8) is 0 Å². The fraction of sp³-hybridized carbons (Fsp3) is 0.389. The quantitative estimate of drug-likeness (QED) is 0.801. The molecule has 1 saturated heterocycles. The van der Waals surface area contributed by atoms with Crippen molar-refractivity contribution in [2.24, 2.45) is 0 Å². The van der Waals surface area contributed by atoms with Crippen LogP contribution in [0.25, 0.3) is 0 Å². The van der Waals surface area contributed by atoms with E-state index in [2.05, 4.69) is 32.0 Å². The van der Waals surface area contributed by atoms with Gasteiger partial charge in [0.1, 0.15) is 0 Å². The lowest BCUT2D eigenvalue weighted by molar-refractivity contribution is -0.117. The number of carbonyl (C=O) groups is 1. The standard InChI is InChI=1S/C18H23N5OS/c1-2-25-16-7-4-3-6-15(16)21-17(24)14-22-10-12-23(13-11-22)18-19-8-5-9-20-18/h3-9H,2,10-14H2,1H3,(H,21,24). The van der Waals surface area contributed by atoms with Crippen LogP contribution in [-0.2, 0) is 4.79 Å². The highest BCUT2D eigenvalue weighted by Crippen LogP contribution is 2.26. The van der Waals surface area contributed by atoms with E-state index in [-0.39, 0.29) is 5.91 Å². The molecule has 1 N–H and O–H groups in total. The zero-order chi connectivity index (χ0) is 17.5. The number of rotatable bonds is 6. The molecular formula is C18H23N5OS. The van der Waals surface area contributed by atoms with Crippen molar-refractivity contribution in [1.82, 2.24) is 14.9 Å². The van der Waals surface area contributed by atoms with Crippen molar-refractivity contribution in [1.29, 1.82) is 0 Å². The van der Waals surface area contributed by atoms with Gasteiger partial charge in [0, 0.05) is 43.5 Å². The number of carbonyl (C=O) groups excluding carboxylic acids is 1. The number of para-hydroxylation sites is 1. The minimum absolute atomic E-state index is 0.0357. The molecule has 1 amide bonds. The molecule has 0 saturated carbocycles. The van der Waals surface area contributed by atoms with Crippen LogP contribution in [-0.4, -0.2) is 59.3 Å². The molecule has 0 unspecified atom stereocenters. The molecule has 2 heterocycles. The number of anilines is 2. The molecule has 3 rings (SSSR count). The number of nitrogens with zero attached hydrogens (tertiary/aromatic N) is 4. The highest BCUT2D eigenvalue weighted by Gasteiger charge is 2.20. The van der Waals surface area contributed by atoms with Crippen LogP contribution in [0.1, 0.15) is 6.92 Å². The molecule has 0 atom stereocenters. The lowest BCUT2D eigenvalue weighted by Gasteiger charge is -2.34. The van der Waals surface area contributed by atoms with Crippen LogP contribution in [0.2, 0.25) is 0 Å². The molecule has 7 heteroatoms. The van der Waals surface area contributed by atoms with Gasteiger partial charge in [-0.2, -0.15) is 0 Å². The van der Waals surface area contributed by atoms with E-state index in [0.29, 0.717) is 6.54 Å². The van der Waals surface area contributed by atoms with Gasteiger partial charge in [0.25, 0.3) is 0 Å². The number of piperazine rings is 1. The molecular weight excluding hydrogens is 334 g/mol. The van der Waals surface area contributed by atoms with E-state index in [4.69, 9.17) is 0 Å². The average Bonchev–Trinajstić information content (AvgIpc) is 2.65. The number of aromatic nitrogens is 2.